The lowest BCUT2D eigenvalue weighted by atomic mass is 9.94. The van der Waals surface area contributed by atoms with Gasteiger partial charge in [0.05, 0.1) is 27.4 Å². The highest BCUT2D eigenvalue weighted by Crippen LogP contribution is 2.34. The zero-order valence-electron chi connectivity index (χ0n) is 20.5. The zero-order chi connectivity index (χ0) is 24.5. The molecule has 0 radical (unpaired) electrons. The van der Waals surface area contributed by atoms with E-state index in [0.29, 0.717) is 54.8 Å². The number of amides is 1. The summed E-state index contributed by atoms with van der Waals surface area (Å²) in [5.41, 5.74) is 4.00. The van der Waals surface area contributed by atoms with Crippen LogP contribution >= 0.6 is 0 Å². The summed E-state index contributed by atoms with van der Waals surface area (Å²) < 4.78 is 20.7. The number of carbonyl (C=O) groups excluding carboxylic acids is 1. The van der Waals surface area contributed by atoms with Crippen LogP contribution in [0.5, 0.6) is 17.2 Å². The van der Waals surface area contributed by atoms with E-state index in [1.54, 1.807) is 18.8 Å². The van der Waals surface area contributed by atoms with Crippen molar-refractivity contribution in [2.45, 2.75) is 32.4 Å². The molecule has 2 aromatic carbocycles. The fraction of sp³-hybridized carbons (Fsp3) is 0.407. The third-order valence-electron chi connectivity index (χ3n) is 6.80. The molecule has 2 heterocycles. The second-order valence-electron chi connectivity index (χ2n) is 9.43. The summed E-state index contributed by atoms with van der Waals surface area (Å²) in [4.78, 5) is 15.5. The zero-order valence-corrected chi connectivity index (χ0v) is 20.5. The summed E-state index contributed by atoms with van der Waals surface area (Å²) in [6, 6.07) is 9.73. The molecule has 1 aliphatic heterocycles. The first kappa shape index (κ1) is 23.1. The largest absolute Gasteiger partial charge is 0.497 e. The van der Waals surface area contributed by atoms with Gasteiger partial charge in [-0.15, -0.1) is 0 Å². The maximum Gasteiger partial charge on any atom is 0.254 e. The van der Waals surface area contributed by atoms with Crippen LogP contribution in [-0.4, -0.2) is 47.3 Å². The number of fused-ring (bicyclic) bond motifs is 1. The molecular weight excluding hydrogens is 444 g/mol. The highest BCUT2D eigenvalue weighted by atomic mass is 16.5. The summed E-state index contributed by atoms with van der Waals surface area (Å²) in [5, 5.41) is 8.27. The number of imidazole rings is 1. The van der Waals surface area contributed by atoms with Gasteiger partial charge in [0.2, 0.25) is 5.62 Å². The fourth-order valence-electron chi connectivity index (χ4n) is 4.56. The summed E-state index contributed by atoms with van der Waals surface area (Å²) in [6.45, 7) is 2.29. The quantitative estimate of drug-likeness (QED) is 0.514. The molecule has 8 nitrogen and oxygen atoms in total. The Morgan fingerprint density at radius 3 is 2.31 bits per heavy atom. The van der Waals surface area contributed by atoms with E-state index in [1.807, 2.05) is 53.2 Å². The van der Waals surface area contributed by atoms with Crippen molar-refractivity contribution in [1.29, 1.82) is 5.41 Å². The second-order valence-corrected chi connectivity index (χ2v) is 9.43. The lowest BCUT2D eigenvalue weighted by Gasteiger charge is -2.30. The molecule has 1 aliphatic carbocycles. The Morgan fingerprint density at radius 2 is 1.69 bits per heavy atom. The van der Waals surface area contributed by atoms with E-state index in [4.69, 9.17) is 19.6 Å². The molecule has 35 heavy (non-hydrogen) atoms. The Bertz CT molecular complexity index is 1280. The first-order valence-corrected chi connectivity index (χ1v) is 12.0. The highest BCUT2D eigenvalue weighted by Gasteiger charge is 2.29. The molecule has 5 rings (SSSR count). The third kappa shape index (κ3) is 4.92. The van der Waals surface area contributed by atoms with E-state index in [9.17, 15) is 4.79 Å². The van der Waals surface area contributed by atoms with Gasteiger partial charge in [0.15, 0.2) is 0 Å². The number of hydrogen-bond acceptors (Lipinski definition) is 5. The van der Waals surface area contributed by atoms with Crippen molar-refractivity contribution in [3.63, 3.8) is 0 Å². The van der Waals surface area contributed by atoms with Crippen molar-refractivity contribution in [3.05, 3.63) is 70.6 Å². The molecular formula is C27H32N4O4. The van der Waals surface area contributed by atoms with Gasteiger partial charge in [0, 0.05) is 49.7 Å². The molecule has 2 aliphatic rings. The predicted molar refractivity (Wildman–Crippen MR) is 131 cm³/mol. The van der Waals surface area contributed by atoms with Gasteiger partial charge in [0.25, 0.3) is 5.91 Å². The predicted octanol–water partition coefficient (Wildman–Crippen LogP) is 3.36. The van der Waals surface area contributed by atoms with Gasteiger partial charge in [0.1, 0.15) is 17.2 Å². The Kier molecular flexibility index (Phi) is 6.28. The average Bonchev–Trinajstić information content (AvgIpc) is 3.65. The van der Waals surface area contributed by atoms with E-state index < -0.39 is 0 Å². The normalized spacial score (nSPS) is 15.2. The van der Waals surface area contributed by atoms with Crippen molar-refractivity contribution in [1.82, 2.24) is 14.0 Å². The number of hydrogen-bond donors (Lipinski definition) is 1. The standard InChI is InChI=1S/C27H32N4O4/c1-29-8-9-31(27(29)28)16-20-12-24-23(25(13-20)35-17-18-4-5-18)6-7-30(26(24)32)15-19-10-21(33-2)14-22(11-19)34-3/h8-14,18,28H,4-7,15-17H2,1-3H3. The van der Waals surface area contributed by atoms with Crippen LogP contribution in [0, 0.1) is 11.3 Å². The number of aromatic nitrogens is 2. The first-order valence-electron chi connectivity index (χ1n) is 12.0. The number of rotatable bonds is 9. The molecule has 1 amide bonds. The molecule has 8 heteroatoms. The van der Waals surface area contributed by atoms with Crippen molar-refractivity contribution >= 4 is 5.91 Å². The Hall–Kier alpha value is -3.68. The summed E-state index contributed by atoms with van der Waals surface area (Å²) in [7, 11) is 5.10. The van der Waals surface area contributed by atoms with E-state index in [-0.39, 0.29) is 5.91 Å². The van der Waals surface area contributed by atoms with E-state index in [2.05, 4.69) is 6.07 Å². The number of nitrogens with zero attached hydrogens (tertiary/aromatic N) is 3. The molecule has 0 unspecified atom stereocenters. The molecule has 1 saturated carbocycles. The van der Waals surface area contributed by atoms with Gasteiger partial charge in [-0.25, -0.2) is 0 Å². The second kappa shape index (κ2) is 9.52. The highest BCUT2D eigenvalue weighted by molar-refractivity contribution is 5.97. The third-order valence-corrected chi connectivity index (χ3v) is 6.80. The topological polar surface area (TPSA) is 81.7 Å². The number of aryl methyl sites for hydroxylation is 1. The monoisotopic (exact) mass is 476 g/mol. The SMILES string of the molecule is COc1cc(CN2CCc3c(OCC4CC4)cc(Cn4ccn(C)c4=N)cc3C2=O)cc(OC)c1. The van der Waals surface area contributed by atoms with Crippen molar-refractivity contribution in [2.75, 3.05) is 27.4 Å². The minimum atomic E-state index is -0.00434. The van der Waals surface area contributed by atoms with Gasteiger partial charge < -0.3 is 28.2 Å². The smallest absolute Gasteiger partial charge is 0.254 e. The molecule has 1 aromatic heterocycles. The molecule has 0 atom stereocenters. The van der Waals surface area contributed by atoms with Gasteiger partial charge >= 0.3 is 0 Å². The van der Waals surface area contributed by atoms with E-state index in [1.165, 1.54) is 12.8 Å². The van der Waals surface area contributed by atoms with Crippen LogP contribution < -0.4 is 19.8 Å². The lowest BCUT2D eigenvalue weighted by molar-refractivity contribution is 0.0724. The van der Waals surface area contributed by atoms with Gasteiger partial charge in [-0.05, 0) is 60.6 Å². The molecule has 0 spiro atoms. The molecule has 0 bridgehead atoms. The number of nitrogens with one attached hydrogen (secondary N) is 1. The average molecular weight is 477 g/mol. The van der Waals surface area contributed by atoms with Crippen LogP contribution in [0.25, 0.3) is 0 Å². The van der Waals surface area contributed by atoms with Crippen LogP contribution in [0.15, 0.2) is 42.7 Å². The van der Waals surface area contributed by atoms with Crippen molar-refractivity contribution in [2.24, 2.45) is 13.0 Å². The number of benzene rings is 2. The van der Waals surface area contributed by atoms with Crippen LogP contribution in [0.1, 0.15) is 39.9 Å². The number of carbonyl (C=O) groups is 1. The van der Waals surface area contributed by atoms with Crippen molar-refractivity contribution < 1.29 is 19.0 Å². The van der Waals surface area contributed by atoms with Crippen molar-refractivity contribution in [3.8, 4) is 17.2 Å². The molecule has 1 fully saturated rings. The Labute approximate surface area is 205 Å². The molecule has 3 aromatic rings. The Morgan fingerprint density at radius 1 is 0.971 bits per heavy atom. The van der Waals surface area contributed by atoms with Crippen LogP contribution in [0.2, 0.25) is 0 Å². The summed E-state index contributed by atoms with van der Waals surface area (Å²) >= 11 is 0. The van der Waals surface area contributed by atoms with Crippen LogP contribution in [-0.2, 0) is 26.6 Å². The van der Waals surface area contributed by atoms with Crippen LogP contribution in [0.3, 0.4) is 0 Å². The van der Waals surface area contributed by atoms with E-state index in [0.717, 1.165) is 28.9 Å². The maximum absolute atomic E-state index is 13.7. The Balaban J connectivity index is 1.45. The van der Waals surface area contributed by atoms with Gasteiger partial charge in [-0.3, -0.25) is 10.2 Å². The van der Waals surface area contributed by atoms with E-state index >= 15 is 0 Å². The fourth-order valence-corrected chi connectivity index (χ4v) is 4.56. The maximum atomic E-state index is 13.7. The van der Waals surface area contributed by atoms with Gasteiger partial charge in [-0.2, -0.15) is 0 Å². The summed E-state index contributed by atoms with van der Waals surface area (Å²) in [5.74, 6) is 2.83. The molecule has 1 N–H and O–H groups in total. The minimum absolute atomic E-state index is 0.00434. The van der Waals surface area contributed by atoms with Gasteiger partial charge in [-0.1, -0.05) is 0 Å². The molecule has 0 saturated heterocycles. The number of methoxy groups -OCH3 is 2. The first-order chi connectivity index (χ1) is 16.9. The minimum Gasteiger partial charge on any atom is -0.497 e. The summed E-state index contributed by atoms with van der Waals surface area (Å²) in [6.07, 6.45) is 6.91. The number of ether oxygens (including phenoxy) is 3. The molecule has 184 valence electrons. The lowest BCUT2D eigenvalue weighted by Crippen LogP contribution is -2.37. The van der Waals surface area contributed by atoms with Crippen LogP contribution in [0.4, 0.5) is 0 Å².